The van der Waals surface area contributed by atoms with Crippen LogP contribution in [0, 0.1) is 0 Å². The number of para-hydroxylation sites is 1. The molecule has 12 heavy (non-hydrogen) atoms. The first-order valence-electron chi connectivity index (χ1n) is 3.83. The maximum atomic E-state index is 9.32. The van der Waals surface area contributed by atoms with Crippen LogP contribution in [0.2, 0.25) is 0 Å². The summed E-state index contributed by atoms with van der Waals surface area (Å²) in [7, 11) is 0. The Morgan fingerprint density at radius 1 is 1.42 bits per heavy atom. The van der Waals surface area contributed by atoms with Gasteiger partial charge in [0.1, 0.15) is 5.75 Å². The Morgan fingerprint density at radius 3 is 2.67 bits per heavy atom. The van der Waals surface area contributed by atoms with Gasteiger partial charge in [0.2, 0.25) is 0 Å². The highest BCUT2D eigenvalue weighted by molar-refractivity contribution is 5.32. The minimum absolute atomic E-state index is 0.0541. The van der Waals surface area contributed by atoms with Crippen LogP contribution in [0.5, 0.6) is 5.75 Å². The molecule has 2 N–H and O–H groups in total. The number of hydrogen-bond acceptors (Lipinski definition) is 3. The zero-order valence-electron chi connectivity index (χ0n) is 6.90. The number of aliphatic hydroxyl groups is 1. The van der Waals surface area contributed by atoms with Crippen LogP contribution in [0.3, 0.4) is 0 Å². The van der Waals surface area contributed by atoms with E-state index < -0.39 is 6.29 Å². The summed E-state index contributed by atoms with van der Waals surface area (Å²) in [6, 6.07) is 6.56. The van der Waals surface area contributed by atoms with E-state index in [1.165, 1.54) is 6.07 Å². The van der Waals surface area contributed by atoms with Crippen molar-refractivity contribution in [3.63, 3.8) is 0 Å². The predicted octanol–water partition coefficient (Wildman–Crippen LogP) is 1.42. The van der Waals surface area contributed by atoms with Gasteiger partial charge in [0.05, 0.1) is 0 Å². The number of ether oxygens (including phenoxy) is 1. The predicted molar refractivity (Wildman–Crippen MR) is 44.7 cm³/mol. The Balaban J connectivity index is 2.79. The minimum Gasteiger partial charge on any atom is -0.507 e. The van der Waals surface area contributed by atoms with E-state index in [1.807, 2.05) is 0 Å². The van der Waals surface area contributed by atoms with Gasteiger partial charge >= 0.3 is 0 Å². The van der Waals surface area contributed by atoms with Gasteiger partial charge in [0.15, 0.2) is 6.29 Å². The number of benzene rings is 1. The molecule has 0 aromatic heterocycles. The molecular formula is C9H12O3. The lowest BCUT2D eigenvalue weighted by atomic mass is 10.2. The second kappa shape index (κ2) is 4.09. The summed E-state index contributed by atoms with van der Waals surface area (Å²) in [6.45, 7) is 2.19. The Morgan fingerprint density at radius 2 is 2.08 bits per heavy atom. The molecular weight excluding hydrogens is 156 g/mol. The highest BCUT2D eigenvalue weighted by Crippen LogP contribution is 2.23. The van der Waals surface area contributed by atoms with Crippen molar-refractivity contribution in [2.24, 2.45) is 0 Å². The first-order chi connectivity index (χ1) is 5.75. The largest absolute Gasteiger partial charge is 0.507 e. The van der Waals surface area contributed by atoms with Gasteiger partial charge in [-0.25, -0.2) is 0 Å². The Bertz CT molecular complexity index is 247. The summed E-state index contributed by atoms with van der Waals surface area (Å²) in [4.78, 5) is 0. The summed E-state index contributed by atoms with van der Waals surface area (Å²) < 4.78 is 4.90. The number of hydrogen-bond donors (Lipinski definition) is 2. The van der Waals surface area contributed by atoms with Crippen LogP contribution in [0.15, 0.2) is 24.3 Å². The number of aliphatic hydroxyl groups excluding tert-OH is 1. The lowest BCUT2D eigenvalue weighted by molar-refractivity contribution is -0.0989. The molecule has 1 rings (SSSR count). The Labute approximate surface area is 71.2 Å². The highest BCUT2D eigenvalue weighted by atomic mass is 16.6. The molecule has 0 fully saturated rings. The van der Waals surface area contributed by atoms with E-state index in [1.54, 1.807) is 25.1 Å². The van der Waals surface area contributed by atoms with Crippen molar-refractivity contribution in [2.75, 3.05) is 6.61 Å². The van der Waals surface area contributed by atoms with Crippen LogP contribution < -0.4 is 0 Å². The second-order valence-corrected chi connectivity index (χ2v) is 2.37. The number of phenolic OH excluding ortho intramolecular Hbond substituents is 1. The standard InChI is InChI=1S/C9H12O3/c1-2-12-9(11)7-5-3-4-6-8(7)10/h3-6,9-11H,2H2,1H3. The van der Waals surface area contributed by atoms with Gasteiger partial charge in [0, 0.05) is 12.2 Å². The quantitative estimate of drug-likeness (QED) is 0.671. The van der Waals surface area contributed by atoms with Crippen molar-refractivity contribution in [3.8, 4) is 5.75 Å². The Hall–Kier alpha value is -1.06. The molecule has 3 nitrogen and oxygen atoms in total. The smallest absolute Gasteiger partial charge is 0.184 e. The van der Waals surface area contributed by atoms with Crippen LogP contribution in [-0.2, 0) is 4.74 Å². The molecule has 0 saturated heterocycles. The van der Waals surface area contributed by atoms with Crippen molar-refractivity contribution >= 4 is 0 Å². The van der Waals surface area contributed by atoms with Crippen LogP contribution in [-0.4, -0.2) is 16.8 Å². The van der Waals surface area contributed by atoms with E-state index in [0.29, 0.717) is 12.2 Å². The summed E-state index contributed by atoms with van der Waals surface area (Å²) in [6.07, 6.45) is -1.03. The molecule has 0 spiro atoms. The van der Waals surface area contributed by atoms with Gasteiger partial charge in [-0.3, -0.25) is 0 Å². The molecule has 0 aliphatic rings. The number of aromatic hydroxyl groups is 1. The van der Waals surface area contributed by atoms with Crippen LogP contribution >= 0.6 is 0 Å². The molecule has 0 amide bonds. The van der Waals surface area contributed by atoms with Gasteiger partial charge < -0.3 is 14.9 Å². The van der Waals surface area contributed by atoms with Crippen LogP contribution in [0.25, 0.3) is 0 Å². The van der Waals surface area contributed by atoms with Crippen molar-refractivity contribution in [1.82, 2.24) is 0 Å². The van der Waals surface area contributed by atoms with E-state index in [4.69, 9.17) is 4.74 Å². The molecule has 1 aromatic rings. The molecule has 0 saturated carbocycles. The molecule has 0 aliphatic heterocycles. The zero-order valence-corrected chi connectivity index (χ0v) is 6.90. The van der Waals surface area contributed by atoms with Crippen LogP contribution in [0.4, 0.5) is 0 Å². The summed E-state index contributed by atoms with van der Waals surface area (Å²) in [5, 5.41) is 18.6. The number of rotatable bonds is 3. The summed E-state index contributed by atoms with van der Waals surface area (Å²) in [5.41, 5.74) is 0.402. The highest BCUT2D eigenvalue weighted by Gasteiger charge is 2.09. The molecule has 0 heterocycles. The first-order valence-corrected chi connectivity index (χ1v) is 3.83. The van der Waals surface area contributed by atoms with Gasteiger partial charge in [-0.2, -0.15) is 0 Å². The topological polar surface area (TPSA) is 49.7 Å². The Kier molecular flexibility index (Phi) is 3.08. The van der Waals surface area contributed by atoms with E-state index in [-0.39, 0.29) is 5.75 Å². The third-order valence-corrected chi connectivity index (χ3v) is 1.53. The van der Waals surface area contributed by atoms with E-state index in [9.17, 15) is 10.2 Å². The van der Waals surface area contributed by atoms with E-state index in [0.717, 1.165) is 0 Å². The number of phenols is 1. The third kappa shape index (κ3) is 1.96. The summed E-state index contributed by atoms with van der Waals surface area (Å²) >= 11 is 0. The molecule has 0 aliphatic carbocycles. The fourth-order valence-corrected chi connectivity index (χ4v) is 0.944. The molecule has 0 radical (unpaired) electrons. The maximum absolute atomic E-state index is 9.32. The zero-order chi connectivity index (χ0) is 8.97. The van der Waals surface area contributed by atoms with Gasteiger partial charge in [-0.1, -0.05) is 18.2 Å². The SMILES string of the molecule is CCOC(O)c1ccccc1O. The van der Waals surface area contributed by atoms with Crippen molar-refractivity contribution in [1.29, 1.82) is 0 Å². The molecule has 3 heteroatoms. The normalized spacial score (nSPS) is 12.8. The average molecular weight is 168 g/mol. The van der Waals surface area contributed by atoms with Gasteiger partial charge in [0.25, 0.3) is 0 Å². The van der Waals surface area contributed by atoms with E-state index >= 15 is 0 Å². The molecule has 1 atom stereocenters. The lowest BCUT2D eigenvalue weighted by Crippen LogP contribution is -2.02. The second-order valence-electron chi connectivity index (χ2n) is 2.37. The van der Waals surface area contributed by atoms with Gasteiger partial charge in [-0.05, 0) is 13.0 Å². The first kappa shape index (κ1) is 9.03. The fourth-order valence-electron chi connectivity index (χ4n) is 0.944. The lowest BCUT2D eigenvalue weighted by Gasteiger charge is -2.11. The summed E-state index contributed by atoms with van der Waals surface area (Å²) in [5.74, 6) is 0.0541. The van der Waals surface area contributed by atoms with Crippen LogP contribution in [0.1, 0.15) is 18.8 Å². The third-order valence-electron chi connectivity index (χ3n) is 1.53. The minimum atomic E-state index is -1.03. The molecule has 0 bridgehead atoms. The van der Waals surface area contributed by atoms with Crippen molar-refractivity contribution in [3.05, 3.63) is 29.8 Å². The van der Waals surface area contributed by atoms with Crippen molar-refractivity contribution < 1.29 is 14.9 Å². The average Bonchev–Trinajstić information content (AvgIpc) is 2.05. The monoisotopic (exact) mass is 168 g/mol. The van der Waals surface area contributed by atoms with E-state index in [2.05, 4.69) is 0 Å². The maximum Gasteiger partial charge on any atom is 0.184 e. The fraction of sp³-hybridized carbons (Fsp3) is 0.333. The molecule has 1 aromatic carbocycles. The molecule has 1 unspecified atom stereocenters. The van der Waals surface area contributed by atoms with Gasteiger partial charge in [-0.15, -0.1) is 0 Å². The van der Waals surface area contributed by atoms with Crippen molar-refractivity contribution in [2.45, 2.75) is 13.2 Å². The molecule has 66 valence electrons.